The summed E-state index contributed by atoms with van der Waals surface area (Å²) < 4.78 is 0. The maximum absolute atomic E-state index is 12.6. The molecule has 1 saturated carbocycles. The molecular weight excluding hydrogens is 312 g/mol. The maximum Gasteiger partial charge on any atom is 0.253 e. The molecule has 1 saturated heterocycles. The first kappa shape index (κ1) is 17.9. The quantitative estimate of drug-likeness (QED) is 0.582. The first-order chi connectivity index (χ1) is 12.2. The number of hydrogen-bond donors (Lipinski definition) is 0. The Morgan fingerprint density at radius 2 is 1.88 bits per heavy atom. The van der Waals surface area contributed by atoms with Gasteiger partial charge in [0.2, 0.25) is 5.96 Å². The largest absolute Gasteiger partial charge is 0.340 e. The molecule has 3 rings (SSSR count). The number of carbonyl (C=O) groups excluding carboxylic acids is 1. The molecule has 5 nitrogen and oxygen atoms in total. The van der Waals surface area contributed by atoms with Crippen LogP contribution in [-0.4, -0.2) is 71.9 Å². The van der Waals surface area contributed by atoms with Crippen molar-refractivity contribution in [3.05, 3.63) is 36.0 Å². The van der Waals surface area contributed by atoms with Crippen molar-refractivity contribution >= 4 is 11.9 Å². The number of carbonyl (C=O) groups is 1. The molecule has 0 atom stereocenters. The van der Waals surface area contributed by atoms with E-state index in [1.807, 2.05) is 43.1 Å². The molecule has 0 N–H and O–H groups in total. The summed E-state index contributed by atoms with van der Waals surface area (Å²) in [5.41, 5.74) is 1.07. The van der Waals surface area contributed by atoms with E-state index in [9.17, 15) is 4.79 Å². The summed E-state index contributed by atoms with van der Waals surface area (Å²) in [4.78, 5) is 23.9. The number of aliphatic imine (C=N–C) groups is 1. The SMILES string of the molecule is C\C=C/C=C(C)\C=C\C(=O)N1CCN=C1N1CCN(C2CCC2)CC1. The van der Waals surface area contributed by atoms with Gasteiger partial charge in [-0.1, -0.05) is 36.3 Å². The molecule has 2 fully saturated rings. The number of amides is 1. The van der Waals surface area contributed by atoms with Crippen LogP contribution in [0.1, 0.15) is 33.1 Å². The molecule has 0 spiro atoms. The van der Waals surface area contributed by atoms with Crippen molar-refractivity contribution in [3.63, 3.8) is 0 Å². The summed E-state index contributed by atoms with van der Waals surface area (Å²) >= 11 is 0. The Labute approximate surface area is 151 Å². The molecule has 2 aliphatic heterocycles. The van der Waals surface area contributed by atoms with Crippen molar-refractivity contribution in [3.8, 4) is 0 Å². The summed E-state index contributed by atoms with van der Waals surface area (Å²) in [6.07, 6.45) is 13.6. The molecule has 3 aliphatic rings. The molecule has 0 unspecified atom stereocenters. The number of allylic oxidation sites excluding steroid dienone is 5. The molecule has 1 amide bonds. The highest BCUT2D eigenvalue weighted by Crippen LogP contribution is 2.25. The van der Waals surface area contributed by atoms with Crippen LogP contribution in [0.3, 0.4) is 0 Å². The predicted octanol–water partition coefficient (Wildman–Crippen LogP) is 2.43. The summed E-state index contributed by atoms with van der Waals surface area (Å²) in [7, 11) is 0. The van der Waals surface area contributed by atoms with E-state index < -0.39 is 0 Å². The Balaban J connectivity index is 1.55. The van der Waals surface area contributed by atoms with E-state index in [1.54, 1.807) is 6.08 Å². The zero-order valence-corrected chi connectivity index (χ0v) is 15.5. The van der Waals surface area contributed by atoms with Crippen molar-refractivity contribution in [1.82, 2.24) is 14.7 Å². The minimum absolute atomic E-state index is 0.0332. The van der Waals surface area contributed by atoms with E-state index in [0.717, 1.165) is 43.8 Å². The van der Waals surface area contributed by atoms with Gasteiger partial charge in [-0.3, -0.25) is 19.6 Å². The van der Waals surface area contributed by atoms with Gasteiger partial charge in [-0.25, -0.2) is 0 Å². The van der Waals surface area contributed by atoms with E-state index in [4.69, 9.17) is 0 Å². The molecular formula is C20H30N4O. The lowest BCUT2D eigenvalue weighted by Gasteiger charge is -2.44. The summed E-state index contributed by atoms with van der Waals surface area (Å²) in [6.45, 7) is 9.52. The van der Waals surface area contributed by atoms with E-state index in [1.165, 1.54) is 19.3 Å². The van der Waals surface area contributed by atoms with E-state index in [-0.39, 0.29) is 5.91 Å². The highest BCUT2D eigenvalue weighted by atomic mass is 16.2. The fourth-order valence-electron chi connectivity index (χ4n) is 3.55. The van der Waals surface area contributed by atoms with Gasteiger partial charge in [-0.15, -0.1) is 0 Å². The average molecular weight is 342 g/mol. The first-order valence-electron chi connectivity index (χ1n) is 9.51. The third kappa shape index (κ3) is 4.40. The van der Waals surface area contributed by atoms with Crippen LogP contribution in [0.5, 0.6) is 0 Å². The third-order valence-corrected chi connectivity index (χ3v) is 5.31. The molecule has 5 heteroatoms. The van der Waals surface area contributed by atoms with Crippen molar-refractivity contribution in [2.45, 2.75) is 39.2 Å². The van der Waals surface area contributed by atoms with Gasteiger partial charge in [0.1, 0.15) is 0 Å². The van der Waals surface area contributed by atoms with E-state index >= 15 is 0 Å². The van der Waals surface area contributed by atoms with Gasteiger partial charge in [-0.2, -0.15) is 0 Å². The van der Waals surface area contributed by atoms with Gasteiger partial charge in [-0.05, 0) is 26.7 Å². The Kier molecular flexibility index (Phi) is 6.08. The van der Waals surface area contributed by atoms with Gasteiger partial charge >= 0.3 is 0 Å². The highest BCUT2D eigenvalue weighted by molar-refractivity contribution is 6.03. The molecule has 1 aliphatic carbocycles. The number of nitrogens with zero attached hydrogens (tertiary/aromatic N) is 4. The molecule has 0 radical (unpaired) electrons. The Bertz CT molecular complexity index is 593. The molecule has 0 bridgehead atoms. The molecule has 25 heavy (non-hydrogen) atoms. The second-order valence-corrected chi connectivity index (χ2v) is 7.05. The van der Waals surface area contributed by atoms with Gasteiger partial charge in [0, 0.05) is 44.8 Å². The van der Waals surface area contributed by atoms with Crippen LogP contribution in [0.4, 0.5) is 0 Å². The van der Waals surface area contributed by atoms with Crippen molar-refractivity contribution < 1.29 is 4.79 Å². The Morgan fingerprint density at radius 1 is 1.12 bits per heavy atom. The lowest BCUT2D eigenvalue weighted by molar-refractivity contribution is -0.122. The van der Waals surface area contributed by atoms with Crippen molar-refractivity contribution in [2.75, 3.05) is 39.3 Å². The Hall–Kier alpha value is -1.88. The van der Waals surface area contributed by atoms with Crippen LogP contribution in [-0.2, 0) is 4.79 Å². The lowest BCUT2D eigenvalue weighted by atomic mass is 9.91. The monoisotopic (exact) mass is 342 g/mol. The third-order valence-electron chi connectivity index (χ3n) is 5.31. The second kappa shape index (κ2) is 8.48. The van der Waals surface area contributed by atoms with Gasteiger partial charge in [0.05, 0.1) is 6.54 Å². The topological polar surface area (TPSA) is 39.2 Å². The standard InChI is InChI=1S/C20H30N4O/c1-3-4-6-17(2)9-10-19(25)24-12-11-21-20(24)23-15-13-22(14-16-23)18-7-5-8-18/h3-4,6,9-10,18H,5,7-8,11-16H2,1-2H3/b4-3-,10-9+,17-6-. The summed E-state index contributed by atoms with van der Waals surface area (Å²) in [5, 5.41) is 0. The smallest absolute Gasteiger partial charge is 0.253 e. The van der Waals surface area contributed by atoms with E-state index in [2.05, 4.69) is 14.8 Å². The van der Waals surface area contributed by atoms with E-state index in [0.29, 0.717) is 13.1 Å². The minimum Gasteiger partial charge on any atom is -0.340 e. The number of hydrogen-bond acceptors (Lipinski definition) is 4. The fraction of sp³-hybridized carbons (Fsp3) is 0.600. The van der Waals surface area contributed by atoms with Crippen LogP contribution in [0.2, 0.25) is 0 Å². The van der Waals surface area contributed by atoms with Crippen LogP contribution < -0.4 is 0 Å². The molecule has 0 aromatic rings. The fourth-order valence-corrected chi connectivity index (χ4v) is 3.55. The second-order valence-electron chi connectivity index (χ2n) is 7.05. The normalized spacial score (nSPS) is 23.6. The first-order valence-corrected chi connectivity index (χ1v) is 9.51. The number of guanidine groups is 1. The van der Waals surface area contributed by atoms with Crippen LogP contribution in [0.15, 0.2) is 40.9 Å². The van der Waals surface area contributed by atoms with Crippen LogP contribution in [0, 0.1) is 0 Å². The van der Waals surface area contributed by atoms with Gasteiger partial charge in [0.15, 0.2) is 0 Å². The van der Waals surface area contributed by atoms with Crippen LogP contribution >= 0.6 is 0 Å². The minimum atomic E-state index is 0.0332. The van der Waals surface area contributed by atoms with Crippen molar-refractivity contribution in [2.24, 2.45) is 4.99 Å². The van der Waals surface area contributed by atoms with Crippen molar-refractivity contribution in [1.29, 1.82) is 0 Å². The maximum atomic E-state index is 12.6. The van der Waals surface area contributed by atoms with Gasteiger partial charge < -0.3 is 4.90 Å². The molecule has 136 valence electrons. The van der Waals surface area contributed by atoms with Crippen LogP contribution in [0.25, 0.3) is 0 Å². The predicted molar refractivity (Wildman–Crippen MR) is 103 cm³/mol. The Morgan fingerprint density at radius 3 is 2.52 bits per heavy atom. The number of rotatable bonds is 4. The molecule has 2 heterocycles. The van der Waals surface area contributed by atoms with Gasteiger partial charge in [0.25, 0.3) is 5.91 Å². The molecule has 0 aromatic carbocycles. The average Bonchev–Trinajstić information content (AvgIpc) is 3.06. The highest BCUT2D eigenvalue weighted by Gasteiger charge is 2.32. The zero-order chi connectivity index (χ0) is 17.6. The zero-order valence-electron chi connectivity index (χ0n) is 15.5. The lowest BCUT2D eigenvalue weighted by Crippen LogP contribution is -2.56. The molecule has 0 aromatic heterocycles. The summed E-state index contributed by atoms with van der Waals surface area (Å²) in [6, 6.07) is 0.806. The number of piperazine rings is 1. The summed E-state index contributed by atoms with van der Waals surface area (Å²) in [5.74, 6) is 0.906.